The lowest BCUT2D eigenvalue weighted by atomic mass is 10.1. The number of rotatable bonds is 9. The van der Waals surface area contributed by atoms with Gasteiger partial charge in [0.2, 0.25) is 0 Å². The molecule has 1 aromatic carbocycles. The molecule has 2 aromatic heterocycles. The maximum absolute atomic E-state index is 13.5. The molecule has 2 heterocycles. The van der Waals surface area contributed by atoms with Crippen LogP contribution >= 0.6 is 15.9 Å². The Labute approximate surface area is 209 Å². The number of aliphatic hydroxyl groups excluding tert-OH is 1. The minimum Gasteiger partial charge on any atom is -0.393 e. The second-order valence-corrected chi connectivity index (χ2v) is 10.4. The van der Waals surface area contributed by atoms with Crippen LogP contribution in [0.4, 0.5) is 10.2 Å². The van der Waals surface area contributed by atoms with Crippen LogP contribution in [0.25, 0.3) is 0 Å². The highest BCUT2D eigenvalue weighted by atomic mass is 79.9. The Morgan fingerprint density at radius 2 is 2.14 bits per heavy atom. The first-order chi connectivity index (χ1) is 16.6. The molecule has 0 bridgehead atoms. The van der Waals surface area contributed by atoms with Gasteiger partial charge in [0, 0.05) is 42.7 Å². The van der Waals surface area contributed by atoms with E-state index >= 15 is 0 Å². The summed E-state index contributed by atoms with van der Waals surface area (Å²) in [4.78, 5) is 21.4. The Hall–Kier alpha value is -2.71. The summed E-state index contributed by atoms with van der Waals surface area (Å²) in [5, 5.41) is 18.3. The first-order valence-corrected chi connectivity index (χ1v) is 12.9. The number of ketones is 1. The van der Waals surface area contributed by atoms with Gasteiger partial charge in [-0.1, -0.05) is 6.07 Å². The van der Waals surface area contributed by atoms with Gasteiger partial charge >= 0.3 is 10.3 Å². The van der Waals surface area contributed by atoms with E-state index in [2.05, 4.69) is 35.4 Å². The highest BCUT2D eigenvalue weighted by molar-refractivity contribution is 9.10. The number of hydrogen-bond donors (Lipinski definition) is 3. The van der Waals surface area contributed by atoms with Crippen molar-refractivity contribution in [1.82, 2.24) is 14.5 Å². The van der Waals surface area contributed by atoms with Crippen molar-refractivity contribution in [2.24, 2.45) is 11.1 Å². The molecule has 0 spiro atoms. The number of aromatic nitrogens is 3. The fraction of sp³-hybridized carbons (Fsp3) is 0.318. The summed E-state index contributed by atoms with van der Waals surface area (Å²) in [5.74, 6) is -0.767. The molecule has 0 amide bonds. The van der Waals surface area contributed by atoms with Gasteiger partial charge in [0.15, 0.2) is 5.78 Å². The average Bonchev–Trinajstić information content (AvgIpc) is 3.40. The van der Waals surface area contributed by atoms with Gasteiger partial charge in [0.1, 0.15) is 18.0 Å². The van der Waals surface area contributed by atoms with Crippen LogP contribution in [0.15, 0.2) is 53.7 Å². The zero-order chi connectivity index (χ0) is 25.2. The number of anilines is 1. The third-order valence-electron chi connectivity index (χ3n) is 5.76. The molecule has 3 aromatic rings. The van der Waals surface area contributed by atoms with E-state index in [1.165, 1.54) is 18.6 Å². The smallest absolute Gasteiger partial charge is 0.333 e. The Kier molecular flexibility index (Phi) is 7.62. The number of carbonyl (C=O) groups is 1. The first kappa shape index (κ1) is 25.4. The SMILES string of the molecule is NS(=O)(=O)OC[C@H]1C[C@@H](Nc2ncncc2C(=O)c2ccn(Cc3ccc(F)c(Br)c3)c2)C[C@@H]1O. The summed E-state index contributed by atoms with van der Waals surface area (Å²) in [6.07, 6.45) is 6.09. The summed E-state index contributed by atoms with van der Waals surface area (Å²) in [6.45, 7) is 0.219. The van der Waals surface area contributed by atoms with Crippen molar-refractivity contribution in [2.45, 2.75) is 31.5 Å². The summed E-state index contributed by atoms with van der Waals surface area (Å²) < 4.78 is 42.4. The van der Waals surface area contributed by atoms with Crippen molar-refractivity contribution in [1.29, 1.82) is 0 Å². The van der Waals surface area contributed by atoms with Gasteiger partial charge in [-0.15, -0.1) is 0 Å². The predicted octanol–water partition coefficient (Wildman–Crippen LogP) is 2.23. The van der Waals surface area contributed by atoms with Crippen LogP contribution < -0.4 is 10.5 Å². The number of nitrogens with zero attached hydrogens (tertiary/aromatic N) is 3. The predicted molar refractivity (Wildman–Crippen MR) is 128 cm³/mol. The van der Waals surface area contributed by atoms with E-state index in [4.69, 9.17) is 5.14 Å². The van der Waals surface area contributed by atoms with E-state index in [0.29, 0.717) is 35.2 Å². The minimum absolute atomic E-state index is 0.230. The number of nitrogens with one attached hydrogen (secondary N) is 1. The Morgan fingerprint density at radius 1 is 1.34 bits per heavy atom. The Morgan fingerprint density at radius 3 is 2.89 bits per heavy atom. The maximum atomic E-state index is 13.5. The zero-order valence-electron chi connectivity index (χ0n) is 18.3. The van der Waals surface area contributed by atoms with Gasteiger partial charge in [-0.3, -0.25) is 8.98 Å². The molecule has 1 fully saturated rings. The van der Waals surface area contributed by atoms with Gasteiger partial charge in [-0.25, -0.2) is 19.5 Å². The summed E-state index contributed by atoms with van der Waals surface area (Å²) in [7, 11) is -4.10. The van der Waals surface area contributed by atoms with Crippen molar-refractivity contribution < 1.29 is 26.9 Å². The lowest BCUT2D eigenvalue weighted by Gasteiger charge is -2.15. The molecule has 3 atom stereocenters. The molecule has 0 radical (unpaired) electrons. The van der Waals surface area contributed by atoms with Crippen molar-refractivity contribution in [3.05, 3.63) is 76.2 Å². The van der Waals surface area contributed by atoms with Gasteiger partial charge in [-0.05, 0) is 52.5 Å². The van der Waals surface area contributed by atoms with E-state index < -0.39 is 22.3 Å². The molecule has 35 heavy (non-hydrogen) atoms. The Bertz CT molecular complexity index is 1340. The summed E-state index contributed by atoms with van der Waals surface area (Å²) in [6, 6.07) is 6.15. The molecule has 1 saturated carbocycles. The third kappa shape index (κ3) is 6.49. The maximum Gasteiger partial charge on any atom is 0.333 e. The lowest BCUT2D eigenvalue weighted by molar-refractivity contribution is 0.101. The van der Waals surface area contributed by atoms with Crippen molar-refractivity contribution in [3.8, 4) is 0 Å². The molecule has 0 aliphatic heterocycles. The van der Waals surface area contributed by atoms with E-state index in [9.17, 15) is 22.7 Å². The number of nitrogens with two attached hydrogens (primary N) is 1. The second kappa shape index (κ2) is 10.5. The number of halogens is 2. The molecule has 186 valence electrons. The number of hydrogen-bond acceptors (Lipinski definition) is 8. The van der Waals surface area contributed by atoms with Crippen LogP contribution in [-0.2, 0) is 21.0 Å². The van der Waals surface area contributed by atoms with Gasteiger partial charge in [0.25, 0.3) is 0 Å². The molecule has 4 N–H and O–H groups in total. The van der Waals surface area contributed by atoms with Gasteiger partial charge in [-0.2, -0.15) is 8.42 Å². The van der Waals surface area contributed by atoms with Crippen LogP contribution in [0.2, 0.25) is 0 Å². The van der Waals surface area contributed by atoms with E-state index in [0.717, 1.165) is 5.56 Å². The van der Waals surface area contributed by atoms with Crippen molar-refractivity contribution in [2.75, 3.05) is 11.9 Å². The van der Waals surface area contributed by atoms with Crippen molar-refractivity contribution >= 4 is 37.8 Å². The number of carbonyl (C=O) groups excluding carboxylic acids is 1. The molecule has 1 aliphatic carbocycles. The van der Waals surface area contributed by atoms with Crippen LogP contribution in [0.3, 0.4) is 0 Å². The van der Waals surface area contributed by atoms with E-state index in [1.54, 1.807) is 30.6 Å². The third-order valence-corrected chi connectivity index (χ3v) is 6.84. The molecule has 0 saturated heterocycles. The molecule has 0 unspecified atom stereocenters. The monoisotopic (exact) mass is 567 g/mol. The molecule has 13 heteroatoms. The van der Waals surface area contributed by atoms with Crippen LogP contribution in [0, 0.1) is 11.7 Å². The number of aliphatic hydroxyl groups is 1. The minimum atomic E-state index is -4.10. The largest absolute Gasteiger partial charge is 0.393 e. The van der Waals surface area contributed by atoms with Gasteiger partial charge in [0.05, 0.1) is 22.7 Å². The quantitative estimate of drug-likeness (QED) is 0.333. The van der Waals surface area contributed by atoms with E-state index in [1.807, 2.05) is 4.57 Å². The molecule has 1 aliphatic rings. The zero-order valence-corrected chi connectivity index (χ0v) is 20.7. The summed E-state index contributed by atoms with van der Waals surface area (Å²) >= 11 is 3.17. The lowest BCUT2D eigenvalue weighted by Crippen LogP contribution is -2.24. The normalized spacial score (nSPS) is 20.2. The van der Waals surface area contributed by atoms with Crippen LogP contribution in [0.5, 0.6) is 0 Å². The molecular formula is C22H23BrFN5O5S. The molecular weight excluding hydrogens is 545 g/mol. The average molecular weight is 568 g/mol. The highest BCUT2D eigenvalue weighted by Crippen LogP contribution is 2.30. The molecule has 10 nitrogen and oxygen atoms in total. The second-order valence-electron chi connectivity index (χ2n) is 8.35. The Balaban J connectivity index is 1.44. The number of benzene rings is 1. The van der Waals surface area contributed by atoms with E-state index in [-0.39, 0.29) is 29.8 Å². The fourth-order valence-electron chi connectivity index (χ4n) is 4.06. The standard InChI is InChI=1S/C22H23BrFN5O5S/c23-18-5-13(1-2-19(18)24)9-29-4-3-14(10-29)21(31)17-8-26-12-27-22(17)28-16-6-15(20(30)7-16)11-34-35(25,32)33/h1-5,8,10,12,15-16,20,30H,6-7,9,11H2,(H2,25,32,33)(H,26,27,28)/t15-,16-,20+/m1/s1. The summed E-state index contributed by atoms with van der Waals surface area (Å²) in [5.41, 5.74) is 1.54. The van der Waals surface area contributed by atoms with Gasteiger partial charge < -0.3 is 15.0 Å². The first-order valence-electron chi connectivity index (χ1n) is 10.6. The highest BCUT2D eigenvalue weighted by Gasteiger charge is 2.34. The topological polar surface area (TPSA) is 149 Å². The van der Waals surface area contributed by atoms with Crippen LogP contribution in [0.1, 0.15) is 34.3 Å². The molecule has 4 rings (SSSR count). The fourth-order valence-corrected chi connectivity index (χ4v) is 4.85. The van der Waals surface area contributed by atoms with Crippen molar-refractivity contribution in [3.63, 3.8) is 0 Å². The van der Waals surface area contributed by atoms with Crippen LogP contribution in [-0.4, -0.2) is 52.6 Å².